The average molecular weight is 695 g/mol. The molecule has 0 N–H and O–H groups in total. The van der Waals surface area contributed by atoms with E-state index >= 15 is 0 Å². The zero-order valence-corrected chi connectivity index (χ0v) is 30.4. The number of nitrogens with zero attached hydrogens (tertiary/aromatic N) is 2. The van der Waals surface area contributed by atoms with Gasteiger partial charge >= 0.3 is 0 Å². The summed E-state index contributed by atoms with van der Waals surface area (Å²) in [7, 11) is 0. The molecule has 4 fully saturated rings. The van der Waals surface area contributed by atoms with Gasteiger partial charge in [0, 0.05) is 38.8 Å². The first-order valence-corrected chi connectivity index (χ1v) is 20.0. The predicted molar refractivity (Wildman–Crippen MR) is 224 cm³/mol. The second-order valence-corrected chi connectivity index (χ2v) is 16.6. The number of aromatic nitrogens is 1. The van der Waals surface area contributed by atoms with Crippen LogP contribution >= 0.6 is 0 Å². The summed E-state index contributed by atoms with van der Waals surface area (Å²) in [4.78, 5) is 2.56. The summed E-state index contributed by atoms with van der Waals surface area (Å²) in [6.07, 6.45) is 6.99. The highest BCUT2D eigenvalue weighted by Gasteiger charge is 2.61. The predicted octanol–water partition coefficient (Wildman–Crippen LogP) is 13.6. The van der Waals surface area contributed by atoms with Crippen molar-refractivity contribution in [3.63, 3.8) is 0 Å². The molecule has 1 aromatic heterocycles. The fourth-order valence-corrected chi connectivity index (χ4v) is 12.2. The smallest absolute Gasteiger partial charge is 0.0561 e. The van der Waals surface area contributed by atoms with Crippen molar-refractivity contribution in [2.75, 3.05) is 4.90 Å². The van der Waals surface area contributed by atoms with Crippen molar-refractivity contribution in [2.45, 2.75) is 37.5 Å². The van der Waals surface area contributed by atoms with E-state index in [0.717, 1.165) is 23.7 Å². The Kier molecular flexibility index (Phi) is 6.55. The first kappa shape index (κ1) is 30.6. The monoisotopic (exact) mass is 694 g/mol. The Hall–Kier alpha value is -5.86. The zero-order chi connectivity index (χ0) is 35.4. The van der Waals surface area contributed by atoms with Crippen molar-refractivity contribution in [2.24, 2.45) is 23.7 Å². The number of rotatable bonds is 5. The first-order chi connectivity index (χ1) is 26.8. The molecule has 1 spiro atoms. The molecule has 260 valence electrons. The van der Waals surface area contributed by atoms with Crippen molar-refractivity contribution in [3.8, 4) is 27.9 Å². The molecule has 7 aromatic carbocycles. The maximum absolute atomic E-state index is 2.64. The van der Waals surface area contributed by atoms with Gasteiger partial charge in [-0.15, -0.1) is 0 Å². The van der Waals surface area contributed by atoms with E-state index in [2.05, 4.69) is 179 Å². The third-order valence-corrected chi connectivity index (χ3v) is 14.0. The molecule has 4 bridgehead atoms. The summed E-state index contributed by atoms with van der Waals surface area (Å²) in [6, 6.07) is 63.7. The molecule has 1 heterocycles. The number of hydrogen-bond donors (Lipinski definition) is 0. The van der Waals surface area contributed by atoms with Crippen molar-refractivity contribution >= 4 is 38.9 Å². The van der Waals surface area contributed by atoms with Gasteiger partial charge in [-0.1, -0.05) is 121 Å². The van der Waals surface area contributed by atoms with Gasteiger partial charge in [-0.25, -0.2) is 0 Å². The van der Waals surface area contributed by atoms with Crippen LogP contribution in [-0.2, 0) is 5.41 Å². The topological polar surface area (TPSA) is 8.17 Å². The highest BCUT2D eigenvalue weighted by atomic mass is 15.1. The summed E-state index contributed by atoms with van der Waals surface area (Å²) in [5.41, 5.74) is 15.9. The summed E-state index contributed by atoms with van der Waals surface area (Å²) in [5, 5.41) is 2.55. The molecular formula is C52H42N2. The van der Waals surface area contributed by atoms with E-state index < -0.39 is 0 Å². The SMILES string of the molecule is c1ccc(-c2ccccc2N(c2ccc3c(c2)C2(c4ccccc4-3)C3CC4CC(C3)CC2C4)c2ccc3c4ccccc4n(-c4ccccc4)c3c2)cc1. The second kappa shape index (κ2) is 11.6. The summed E-state index contributed by atoms with van der Waals surface area (Å²) >= 11 is 0. The zero-order valence-electron chi connectivity index (χ0n) is 30.4. The molecule has 5 aliphatic rings. The van der Waals surface area contributed by atoms with E-state index in [9.17, 15) is 0 Å². The van der Waals surface area contributed by atoms with Crippen LogP contribution in [0.3, 0.4) is 0 Å². The third kappa shape index (κ3) is 4.23. The van der Waals surface area contributed by atoms with Crippen molar-refractivity contribution in [3.05, 3.63) is 181 Å². The molecule has 0 amide bonds. The van der Waals surface area contributed by atoms with E-state index in [1.807, 2.05) is 0 Å². The Labute approximate surface area is 317 Å². The van der Waals surface area contributed by atoms with Gasteiger partial charge < -0.3 is 9.47 Å². The van der Waals surface area contributed by atoms with Gasteiger partial charge in [-0.2, -0.15) is 0 Å². The van der Waals surface area contributed by atoms with Crippen molar-refractivity contribution < 1.29 is 0 Å². The van der Waals surface area contributed by atoms with Gasteiger partial charge in [0.15, 0.2) is 0 Å². The van der Waals surface area contributed by atoms with E-state index in [4.69, 9.17) is 0 Å². The highest BCUT2D eigenvalue weighted by Crippen LogP contribution is 2.69. The van der Waals surface area contributed by atoms with Crippen LogP contribution in [0.4, 0.5) is 17.1 Å². The fraction of sp³-hybridized carbons (Fsp3) is 0.192. The van der Waals surface area contributed by atoms with Gasteiger partial charge in [-0.3, -0.25) is 0 Å². The molecule has 8 aromatic rings. The fourth-order valence-electron chi connectivity index (χ4n) is 12.2. The van der Waals surface area contributed by atoms with E-state index in [1.54, 1.807) is 11.1 Å². The first-order valence-electron chi connectivity index (χ1n) is 20.0. The molecule has 0 unspecified atom stereocenters. The number of para-hydroxylation sites is 3. The van der Waals surface area contributed by atoms with Crippen LogP contribution in [0.2, 0.25) is 0 Å². The minimum atomic E-state index is 0.101. The highest BCUT2D eigenvalue weighted by molar-refractivity contribution is 6.10. The van der Waals surface area contributed by atoms with Gasteiger partial charge in [-0.05, 0) is 132 Å². The van der Waals surface area contributed by atoms with Crippen LogP contribution in [0, 0.1) is 23.7 Å². The minimum Gasteiger partial charge on any atom is -0.310 e. The number of benzene rings is 7. The van der Waals surface area contributed by atoms with Gasteiger partial charge in [0.25, 0.3) is 0 Å². The molecular weight excluding hydrogens is 653 g/mol. The van der Waals surface area contributed by atoms with Crippen molar-refractivity contribution in [1.82, 2.24) is 4.57 Å². The molecule has 2 nitrogen and oxygen atoms in total. The second-order valence-electron chi connectivity index (χ2n) is 16.6. The van der Waals surface area contributed by atoms with Crippen molar-refractivity contribution in [1.29, 1.82) is 0 Å². The Morgan fingerprint density at radius 2 is 1.04 bits per heavy atom. The van der Waals surface area contributed by atoms with Crippen LogP contribution < -0.4 is 4.90 Å². The number of hydrogen-bond acceptors (Lipinski definition) is 1. The van der Waals surface area contributed by atoms with E-state index in [0.29, 0.717) is 0 Å². The third-order valence-electron chi connectivity index (χ3n) is 14.0. The van der Waals surface area contributed by atoms with Gasteiger partial charge in [0.05, 0.1) is 16.7 Å². The van der Waals surface area contributed by atoms with E-state index in [1.165, 1.54) is 98.9 Å². The Morgan fingerprint density at radius 1 is 0.444 bits per heavy atom. The molecule has 0 aliphatic heterocycles. The summed E-state index contributed by atoms with van der Waals surface area (Å²) < 4.78 is 2.44. The molecule has 4 saturated carbocycles. The van der Waals surface area contributed by atoms with Crippen LogP contribution in [0.25, 0.3) is 49.7 Å². The van der Waals surface area contributed by atoms with Crippen LogP contribution in [0.15, 0.2) is 170 Å². The molecule has 0 atom stereocenters. The number of fused-ring (bicyclic) bond motifs is 6. The van der Waals surface area contributed by atoms with Gasteiger partial charge in [0.2, 0.25) is 0 Å². The molecule has 13 rings (SSSR count). The maximum Gasteiger partial charge on any atom is 0.0561 e. The molecule has 0 radical (unpaired) electrons. The molecule has 54 heavy (non-hydrogen) atoms. The summed E-state index contributed by atoms with van der Waals surface area (Å²) in [5.74, 6) is 3.26. The van der Waals surface area contributed by atoms with Gasteiger partial charge in [0.1, 0.15) is 0 Å². The van der Waals surface area contributed by atoms with Crippen LogP contribution in [0.5, 0.6) is 0 Å². The standard InChI is InChI=1S/C52H42N2/c1-3-13-36(14-4-1)42-17-8-11-21-49(42)53(41-24-26-46-45-19-9-12-22-50(45)54(51(46)33-41)39-15-5-2-6-16-39)40-23-25-44-43-18-7-10-20-47(43)52(48(44)32-40)37-28-34-27-35(30-37)31-38(52)29-34/h1-26,32-35,37-38H,27-31H2. The lowest BCUT2D eigenvalue weighted by molar-refractivity contribution is -0.0399. The molecule has 0 saturated heterocycles. The normalized spacial score (nSPS) is 23.3. The largest absolute Gasteiger partial charge is 0.310 e. The number of anilines is 3. The maximum atomic E-state index is 2.64. The molecule has 5 aliphatic carbocycles. The minimum absolute atomic E-state index is 0.101. The lowest BCUT2D eigenvalue weighted by atomic mass is 9.43. The average Bonchev–Trinajstić information content (AvgIpc) is 3.71. The van der Waals surface area contributed by atoms with Crippen LogP contribution in [-0.4, -0.2) is 4.57 Å². The molecule has 2 heteroatoms. The lowest BCUT2D eigenvalue weighted by Crippen LogP contribution is -2.55. The van der Waals surface area contributed by atoms with E-state index in [-0.39, 0.29) is 5.41 Å². The van der Waals surface area contributed by atoms with Crippen LogP contribution in [0.1, 0.15) is 43.2 Å². The quantitative estimate of drug-likeness (QED) is 0.174. The summed E-state index contributed by atoms with van der Waals surface area (Å²) in [6.45, 7) is 0. The lowest BCUT2D eigenvalue weighted by Gasteiger charge is -2.61. The Balaban J connectivity index is 1.12. The Morgan fingerprint density at radius 3 is 1.83 bits per heavy atom. The Bertz CT molecular complexity index is 2710.